The minimum atomic E-state index is -0.361. The van der Waals surface area contributed by atoms with E-state index >= 15 is 0 Å². The minimum Gasteiger partial charge on any atom is -0.331 e. The van der Waals surface area contributed by atoms with Gasteiger partial charge in [-0.1, -0.05) is 18.2 Å². The van der Waals surface area contributed by atoms with Crippen molar-refractivity contribution in [1.82, 2.24) is 20.1 Å². The number of carbonyl (C=O) groups excluding carboxylic acids is 1. The van der Waals surface area contributed by atoms with Crippen molar-refractivity contribution in [2.75, 3.05) is 5.32 Å². The average molecular weight is 339 g/mol. The zero-order valence-corrected chi connectivity index (χ0v) is 13.7. The van der Waals surface area contributed by atoms with Crippen LogP contribution in [-0.2, 0) is 6.54 Å². The number of hydrogen-bond acceptors (Lipinski definition) is 3. The second-order valence-electron chi connectivity index (χ2n) is 5.57. The Labute approximate surface area is 144 Å². The molecule has 1 unspecified atom stereocenters. The first kappa shape index (κ1) is 16.6. The van der Waals surface area contributed by atoms with E-state index in [4.69, 9.17) is 0 Å². The molecule has 0 aliphatic heterocycles. The molecule has 0 radical (unpaired) electrons. The van der Waals surface area contributed by atoms with Crippen molar-refractivity contribution >= 4 is 11.8 Å². The fourth-order valence-corrected chi connectivity index (χ4v) is 2.44. The lowest BCUT2D eigenvalue weighted by molar-refractivity contribution is 0.249. The number of pyridine rings is 1. The van der Waals surface area contributed by atoms with E-state index in [0.29, 0.717) is 11.4 Å². The van der Waals surface area contributed by atoms with Gasteiger partial charge >= 0.3 is 6.03 Å². The lowest BCUT2D eigenvalue weighted by atomic mass is 10.1. The molecule has 1 aromatic carbocycles. The summed E-state index contributed by atoms with van der Waals surface area (Å²) in [5.41, 5.74) is 1.45. The SMILES string of the molecule is CC(NC(=O)Nc1ccnn1Cc1ccccc1F)c1ccncc1. The van der Waals surface area contributed by atoms with Gasteiger partial charge in [0.15, 0.2) is 0 Å². The number of rotatable bonds is 5. The molecule has 2 heterocycles. The predicted molar refractivity (Wildman–Crippen MR) is 92.5 cm³/mol. The first-order chi connectivity index (χ1) is 12.1. The van der Waals surface area contributed by atoms with Gasteiger partial charge in [0.1, 0.15) is 11.6 Å². The van der Waals surface area contributed by atoms with E-state index in [1.807, 2.05) is 19.1 Å². The van der Waals surface area contributed by atoms with E-state index in [2.05, 4.69) is 20.7 Å². The van der Waals surface area contributed by atoms with E-state index in [0.717, 1.165) is 5.56 Å². The highest BCUT2D eigenvalue weighted by Crippen LogP contribution is 2.14. The minimum absolute atomic E-state index is 0.175. The van der Waals surface area contributed by atoms with Crippen LogP contribution in [0.5, 0.6) is 0 Å². The van der Waals surface area contributed by atoms with Crippen molar-refractivity contribution in [2.24, 2.45) is 0 Å². The number of aromatic nitrogens is 3. The van der Waals surface area contributed by atoms with Gasteiger partial charge in [0.2, 0.25) is 0 Å². The molecule has 3 rings (SSSR count). The summed E-state index contributed by atoms with van der Waals surface area (Å²) in [6, 6.07) is 11.3. The van der Waals surface area contributed by atoms with Crippen LogP contribution >= 0.6 is 0 Å². The Hall–Kier alpha value is -3.22. The van der Waals surface area contributed by atoms with E-state index in [1.165, 1.54) is 10.7 Å². The molecule has 1 atom stereocenters. The first-order valence-electron chi connectivity index (χ1n) is 7.86. The van der Waals surface area contributed by atoms with Crippen LogP contribution < -0.4 is 10.6 Å². The highest BCUT2D eigenvalue weighted by Gasteiger charge is 2.12. The lowest BCUT2D eigenvalue weighted by Crippen LogP contribution is -2.32. The van der Waals surface area contributed by atoms with Gasteiger partial charge in [-0.2, -0.15) is 5.10 Å². The second kappa shape index (κ2) is 7.57. The van der Waals surface area contributed by atoms with E-state index in [-0.39, 0.29) is 24.4 Å². The van der Waals surface area contributed by atoms with Crippen LogP contribution in [0.3, 0.4) is 0 Å². The third-order valence-electron chi connectivity index (χ3n) is 3.79. The van der Waals surface area contributed by atoms with Crippen LogP contribution in [0.25, 0.3) is 0 Å². The standard InChI is InChI=1S/C18H18FN5O/c1-13(14-6-9-20-10-7-14)22-18(25)23-17-8-11-21-24(17)12-15-4-2-3-5-16(15)19/h2-11,13H,12H2,1H3,(H2,22,23,25). The third-order valence-corrected chi connectivity index (χ3v) is 3.79. The number of hydrogen-bond donors (Lipinski definition) is 2. The molecule has 6 nitrogen and oxygen atoms in total. The van der Waals surface area contributed by atoms with Crippen molar-refractivity contribution in [3.05, 3.63) is 78.0 Å². The molecule has 0 spiro atoms. The molecule has 0 aliphatic carbocycles. The van der Waals surface area contributed by atoms with Gasteiger partial charge in [-0.15, -0.1) is 0 Å². The molecule has 3 aromatic rings. The molecule has 0 bridgehead atoms. The van der Waals surface area contributed by atoms with Crippen LogP contribution in [0.4, 0.5) is 15.0 Å². The number of nitrogens with zero attached hydrogens (tertiary/aromatic N) is 3. The Bertz CT molecular complexity index is 849. The van der Waals surface area contributed by atoms with Gasteiger partial charge in [-0.05, 0) is 30.7 Å². The van der Waals surface area contributed by atoms with Crippen molar-refractivity contribution in [1.29, 1.82) is 0 Å². The highest BCUT2D eigenvalue weighted by molar-refractivity contribution is 5.88. The summed E-state index contributed by atoms with van der Waals surface area (Å²) in [5, 5.41) is 9.73. The van der Waals surface area contributed by atoms with Crippen molar-refractivity contribution < 1.29 is 9.18 Å². The normalized spacial score (nSPS) is 11.8. The number of halogens is 1. The number of amides is 2. The fraction of sp³-hybridized carbons (Fsp3) is 0.167. The van der Waals surface area contributed by atoms with E-state index in [1.54, 1.807) is 42.9 Å². The quantitative estimate of drug-likeness (QED) is 0.749. The topological polar surface area (TPSA) is 71.8 Å². The predicted octanol–water partition coefficient (Wildman–Crippen LogP) is 3.35. The largest absolute Gasteiger partial charge is 0.331 e. The van der Waals surface area contributed by atoms with Crippen LogP contribution in [0.2, 0.25) is 0 Å². The Morgan fingerprint density at radius 3 is 2.68 bits per heavy atom. The maximum atomic E-state index is 13.8. The van der Waals surface area contributed by atoms with Crippen molar-refractivity contribution in [2.45, 2.75) is 19.5 Å². The van der Waals surface area contributed by atoms with Gasteiger partial charge in [-0.3, -0.25) is 10.3 Å². The van der Waals surface area contributed by atoms with Crippen molar-refractivity contribution in [3.63, 3.8) is 0 Å². The maximum absolute atomic E-state index is 13.8. The molecule has 0 fully saturated rings. The maximum Gasteiger partial charge on any atom is 0.320 e. The smallest absolute Gasteiger partial charge is 0.320 e. The molecule has 128 valence electrons. The summed E-state index contributed by atoms with van der Waals surface area (Å²) in [6.45, 7) is 2.11. The van der Waals surface area contributed by atoms with Crippen LogP contribution in [0.1, 0.15) is 24.1 Å². The third kappa shape index (κ3) is 4.20. The molecule has 25 heavy (non-hydrogen) atoms. The Morgan fingerprint density at radius 1 is 1.16 bits per heavy atom. The molecule has 2 amide bonds. The number of urea groups is 1. The van der Waals surface area contributed by atoms with Gasteiger partial charge in [-0.25, -0.2) is 13.9 Å². The summed E-state index contributed by atoms with van der Waals surface area (Å²) >= 11 is 0. The molecule has 2 aromatic heterocycles. The van der Waals surface area contributed by atoms with E-state index in [9.17, 15) is 9.18 Å². The van der Waals surface area contributed by atoms with Gasteiger partial charge in [0.25, 0.3) is 0 Å². The Kier molecular flexibility index (Phi) is 5.03. The van der Waals surface area contributed by atoms with Crippen LogP contribution in [0, 0.1) is 5.82 Å². The van der Waals surface area contributed by atoms with Crippen molar-refractivity contribution in [3.8, 4) is 0 Å². The monoisotopic (exact) mass is 339 g/mol. The van der Waals surface area contributed by atoms with E-state index < -0.39 is 0 Å². The molecular weight excluding hydrogens is 321 g/mol. The molecular formula is C18H18FN5O. The van der Waals surface area contributed by atoms with Crippen LogP contribution in [-0.4, -0.2) is 20.8 Å². The van der Waals surface area contributed by atoms with Gasteiger partial charge < -0.3 is 5.32 Å². The molecule has 7 heteroatoms. The highest BCUT2D eigenvalue weighted by atomic mass is 19.1. The Morgan fingerprint density at radius 2 is 1.92 bits per heavy atom. The number of nitrogens with one attached hydrogen (secondary N) is 2. The molecule has 0 aliphatic rings. The summed E-state index contributed by atoms with van der Waals surface area (Å²) < 4.78 is 15.3. The molecule has 0 saturated heterocycles. The van der Waals surface area contributed by atoms with Gasteiger partial charge in [0.05, 0.1) is 18.8 Å². The summed E-state index contributed by atoms with van der Waals surface area (Å²) in [6.07, 6.45) is 4.91. The zero-order valence-electron chi connectivity index (χ0n) is 13.7. The number of benzene rings is 1. The zero-order chi connectivity index (χ0) is 17.6. The molecule has 2 N–H and O–H groups in total. The number of anilines is 1. The summed E-state index contributed by atoms with van der Waals surface area (Å²) in [4.78, 5) is 16.2. The average Bonchev–Trinajstić information content (AvgIpc) is 3.04. The van der Waals surface area contributed by atoms with Gasteiger partial charge in [0, 0.05) is 24.0 Å². The second-order valence-corrected chi connectivity index (χ2v) is 5.57. The molecule has 0 saturated carbocycles. The first-order valence-corrected chi connectivity index (χ1v) is 7.86. The summed E-state index contributed by atoms with van der Waals surface area (Å²) in [5.74, 6) is 0.183. The fourth-order valence-electron chi connectivity index (χ4n) is 2.44. The number of carbonyl (C=O) groups is 1. The lowest BCUT2D eigenvalue weighted by Gasteiger charge is -2.15. The summed E-state index contributed by atoms with van der Waals surface area (Å²) in [7, 11) is 0. The Balaban J connectivity index is 1.65. The van der Waals surface area contributed by atoms with Crippen LogP contribution in [0.15, 0.2) is 61.1 Å².